The maximum Gasteiger partial charge on any atom is 0.513 e. The number of carbonyl (C=O) groups is 2. The second kappa shape index (κ2) is 10.8. The highest BCUT2D eigenvalue weighted by molar-refractivity contribution is 6.36. The number of amides is 1. The second-order valence-electron chi connectivity index (χ2n) is 7.61. The summed E-state index contributed by atoms with van der Waals surface area (Å²) in [4.78, 5) is 37.2. The molecule has 0 aromatic heterocycles. The lowest BCUT2D eigenvalue weighted by molar-refractivity contribution is -0.235. The molecule has 33 heavy (non-hydrogen) atoms. The lowest BCUT2D eigenvalue weighted by Gasteiger charge is -2.43. The normalized spacial score (nSPS) is 18.4. The molecule has 182 valence electrons. The maximum absolute atomic E-state index is 15.1. The minimum Gasteiger partial charge on any atom is -0.434 e. The van der Waals surface area contributed by atoms with E-state index in [1.54, 1.807) is 26.0 Å². The fourth-order valence-corrected chi connectivity index (χ4v) is 4.31. The highest BCUT2D eigenvalue weighted by Gasteiger charge is 2.57. The number of hydrogen-bond acceptors (Lipinski definition) is 8. The first kappa shape index (κ1) is 25.4. The lowest BCUT2D eigenvalue weighted by Crippen LogP contribution is -2.55. The van der Waals surface area contributed by atoms with E-state index in [9.17, 15) is 9.59 Å². The standard InChI is InChI=1S/C22H28ClFN2O7/c1-5-31-21(28)33-19-17(16-15(24)7-6-14(2)18(16)23)20(27)26(32-13-12-29-3)22(19)8-10-25(30-4)11-9-22/h6-7H,5,8-13H2,1-4H3. The summed E-state index contributed by atoms with van der Waals surface area (Å²) in [7, 11) is 3.05. The van der Waals surface area contributed by atoms with Crippen LogP contribution in [-0.2, 0) is 28.7 Å². The number of benzene rings is 1. The van der Waals surface area contributed by atoms with Gasteiger partial charge in [0.1, 0.15) is 11.4 Å². The zero-order valence-corrected chi connectivity index (χ0v) is 19.9. The number of halogens is 2. The van der Waals surface area contributed by atoms with Crippen LogP contribution in [0.4, 0.5) is 9.18 Å². The SMILES string of the molecule is CCOC(=O)OC1=C(c2c(F)ccc(C)c2Cl)C(=O)N(OCCOC)C12CCN(OC)CC2. The molecule has 3 rings (SSSR count). The van der Waals surface area contributed by atoms with Crippen molar-refractivity contribution in [3.8, 4) is 0 Å². The van der Waals surface area contributed by atoms with Crippen LogP contribution >= 0.6 is 11.6 Å². The third-order valence-corrected chi connectivity index (χ3v) is 6.22. The van der Waals surface area contributed by atoms with Gasteiger partial charge in [-0.25, -0.2) is 14.2 Å². The Morgan fingerprint density at radius 3 is 2.52 bits per heavy atom. The molecule has 1 spiro atoms. The van der Waals surface area contributed by atoms with Crippen molar-refractivity contribution in [3.05, 3.63) is 39.9 Å². The number of nitrogens with zero attached hydrogens (tertiary/aromatic N) is 2. The third-order valence-electron chi connectivity index (χ3n) is 5.73. The Balaban J connectivity index is 2.19. The van der Waals surface area contributed by atoms with Gasteiger partial charge in [0.2, 0.25) is 0 Å². The van der Waals surface area contributed by atoms with Gasteiger partial charge in [0.05, 0.1) is 37.5 Å². The Bertz CT molecular complexity index is 932. The van der Waals surface area contributed by atoms with E-state index in [2.05, 4.69) is 0 Å². The molecule has 2 aliphatic rings. The predicted molar refractivity (Wildman–Crippen MR) is 116 cm³/mol. The molecule has 2 heterocycles. The van der Waals surface area contributed by atoms with E-state index in [1.165, 1.54) is 19.2 Å². The topological polar surface area (TPSA) is 86.8 Å². The molecule has 1 amide bonds. The Morgan fingerprint density at radius 2 is 1.91 bits per heavy atom. The number of methoxy groups -OCH3 is 1. The van der Waals surface area contributed by atoms with E-state index in [-0.39, 0.29) is 41.7 Å². The molecule has 1 aromatic carbocycles. The van der Waals surface area contributed by atoms with Crippen LogP contribution < -0.4 is 0 Å². The highest BCUT2D eigenvalue weighted by atomic mass is 35.5. The summed E-state index contributed by atoms with van der Waals surface area (Å²) >= 11 is 6.45. The number of hydroxylamine groups is 4. The minimum atomic E-state index is -1.19. The molecule has 0 unspecified atom stereocenters. The fraction of sp³-hybridized carbons (Fsp3) is 0.545. The molecule has 0 aliphatic carbocycles. The monoisotopic (exact) mass is 486 g/mol. The second-order valence-corrected chi connectivity index (χ2v) is 7.99. The molecule has 0 radical (unpaired) electrons. The van der Waals surface area contributed by atoms with E-state index in [4.69, 9.17) is 35.5 Å². The van der Waals surface area contributed by atoms with Crippen molar-refractivity contribution in [1.82, 2.24) is 10.1 Å². The molecule has 2 aliphatic heterocycles. The Hall–Kier alpha value is -2.24. The zero-order chi connectivity index (χ0) is 24.2. The number of aryl methyl sites for hydroxylation is 1. The van der Waals surface area contributed by atoms with Crippen LogP contribution in [0.2, 0.25) is 5.02 Å². The highest BCUT2D eigenvalue weighted by Crippen LogP contribution is 2.49. The van der Waals surface area contributed by atoms with Gasteiger partial charge >= 0.3 is 6.16 Å². The number of carbonyl (C=O) groups excluding carboxylic acids is 2. The van der Waals surface area contributed by atoms with Gasteiger partial charge in [-0.3, -0.25) is 9.63 Å². The van der Waals surface area contributed by atoms with Crippen LogP contribution in [0.5, 0.6) is 0 Å². The predicted octanol–water partition coefficient (Wildman–Crippen LogP) is 3.49. The Morgan fingerprint density at radius 1 is 1.21 bits per heavy atom. The van der Waals surface area contributed by atoms with Crippen molar-refractivity contribution in [1.29, 1.82) is 0 Å². The summed E-state index contributed by atoms with van der Waals surface area (Å²) in [5.74, 6) is -1.43. The number of ether oxygens (including phenoxy) is 3. The smallest absolute Gasteiger partial charge is 0.434 e. The summed E-state index contributed by atoms with van der Waals surface area (Å²) in [5.41, 5.74) is -0.947. The summed E-state index contributed by atoms with van der Waals surface area (Å²) in [6.07, 6.45) is -0.416. The van der Waals surface area contributed by atoms with Gasteiger partial charge in [-0.15, -0.1) is 0 Å². The quantitative estimate of drug-likeness (QED) is 0.407. The van der Waals surface area contributed by atoms with Crippen LogP contribution in [0, 0.1) is 12.7 Å². The van der Waals surface area contributed by atoms with E-state index >= 15 is 4.39 Å². The van der Waals surface area contributed by atoms with Crippen LogP contribution in [-0.4, -0.2) is 74.9 Å². The molecule has 0 atom stereocenters. The number of rotatable bonds is 8. The number of hydrogen-bond donors (Lipinski definition) is 0. The van der Waals surface area contributed by atoms with Gasteiger partial charge in [0.25, 0.3) is 5.91 Å². The van der Waals surface area contributed by atoms with Gasteiger partial charge in [-0.1, -0.05) is 17.7 Å². The van der Waals surface area contributed by atoms with Crippen molar-refractivity contribution >= 4 is 29.2 Å². The average molecular weight is 487 g/mol. The number of piperidine rings is 1. The van der Waals surface area contributed by atoms with E-state index in [0.717, 1.165) is 5.06 Å². The van der Waals surface area contributed by atoms with Gasteiger partial charge in [-0.05, 0) is 38.3 Å². The van der Waals surface area contributed by atoms with Gasteiger partial charge < -0.3 is 19.0 Å². The molecule has 9 nitrogen and oxygen atoms in total. The van der Waals surface area contributed by atoms with Gasteiger partial charge in [0.15, 0.2) is 5.76 Å². The fourth-order valence-electron chi connectivity index (χ4n) is 4.06. The molecular formula is C22H28ClFN2O7. The minimum absolute atomic E-state index is 0.0477. The molecule has 1 fully saturated rings. The van der Waals surface area contributed by atoms with Crippen molar-refractivity contribution in [2.75, 3.05) is 47.1 Å². The van der Waals surface area contributed by atoms with Crippen LogP contribution in [0.15, 0.2) is 17.9 Å². The summed E-state index contributed by atoms with van der Waals surface area (Å²) in [6.45, 7) is 4.46. The van der Waals surface area contributed by atoms with Gasteiger partial charge in [0, 0.05) is 25.8 Å². The first-order valence-corrected chi connectivity index (χ1v) is 11.0. The third kappa shape index (κ3) is 4.85. The van der Waals surface area contributed by atoms with E-state index in [1.807, 2.05) is 0 Å². The van der Waals surface area contributed by atoms with Crippen molar-refractivity contribution in [2.24, 2.45) is 0 Å². The molecule has 0 N–H and O–H groups in total. The molecule has 1 aromatic rings. The first-order chi connectivity index (χ1) is 15.8. The van der Waals surface area contributed by atoms with Crippen molar-refractivity contribution in [2.45, 2.75) is 32.2 Å². The van der Waals surface area contributed by atoms with Crippen LogP contribution in [0.25, 0.3) is 5.57 Å². The molecule has 11 heteroatoms. The Labute approximate surface area is 196 Å². The van der Waals surface area contributed by atoms with Gasteiger partial charge in [-0.2, -0.15) is 5.06 Å². The zero-order valence-electron chi connectivity index (χ0n) is 19.1. The molecule has 0 saturated carbocycles. The molecular weight excluding hydrogens is 459 g/mol. The first-order valence-electron chi connectivity index (χ1n) is 10.6. The summed E-state index contributed by atoms with van der Waals surface area (Å²) in [5, 5.41) is 2.91. The van der Waals surface area contributed by atoms with E-state index in [0.29, 0.717) is 31.5 Å². The van der Waals surface area contributed by atoms with Crippen LogP contribution in [0.3, 0.4) is 0 Å². The largest absolute Gasteiger partial charge is 0.513 e. The maximum atomic E-state index is 15.1. The molecule has 1 saturated heterocycles. The van der Waals surface area contributed by atoms with Crippen molar-refractivity contribution in [3.63, 3.8) is 0 Å². The average Bonchev–Trinajstić information content (AvgIpc) is 3.00. The Kier molecular flexibility index (Phi) is 8.30. The van der Waals surface area contributed by atoms with Crippen LogP contribution in [0.1, 0.15) is 30.9 Å². The van der Waals surface area contributed by atoms with E-state index < -0.39 is 23.4 Å². The lowest BCUT2D eigenvalue weighted by atomic mass is 9.85. The molecule has 0 bridgehead atoms. The van der Waals surface area contributed by atoms with Crippen molar-refractivity contribution < 1.29 is 37.9 Å². The summed E-state index contributed by atoms with van der Waals surface area (Å²) < 4.78 is 30.7. The summed E-state index contributed by atoms with van der Waals surface area (Å²) in [6, 6.07) is 2.72.